The van der Waals surface area contributed by atoms with E-state index in [0.717, 1.165) is 0 Å². The molecule has 0 unspecified atom stereocenters. The van der Waals surface area contributed by atoms with E-state index in [-0.39, 0.29) is 31.8 Å². The molecule has 0 bridgehead atoms. The van der Waals surface area contributed by atoms with Gasteiger partial charge in [-0.15, -0.1) is 0 Å². The van der Waals surface area contributed by atoms with Gasteiger partial charge in [0, 0.05) is 0 Å². The average Bonchev–Trinajstić information content (AvgIpc) is 3.08. The molecule has 2 nitrogen and oxygen atoms in total. The van der Waals surface area contributed by atoms with Crippen molar-refractivity contribution in [2.45, 2.75) is 0 Å². The molecule has 0 radical (unpaired) electrons. The van der Waals surface area contributed by atoms with Crippen LogP contribution in [-0.4, -0.2) is 8.45 Å². The molecule has 0 aromatic heterocycles. The second-order valence-electron chi connectivity index (χ2n) is 10.5. The number of rotatable bonds is 10. The van der Waals surface area contributed by atoms with E-state index in [1.54, 1.807) is 182 Å². The molecule has 6 rings (SSSR count). The van der Waals surface area contributed by atoms with Crippen molar-refractivity contribution in [2.24, 2.45) is 0 Å². The second-order valence-corrected chi connectivity index (χ2v) is 19.8. The van der Waals surface area contributed by atoms with Gasteiger partial charge in [0.1, 0.15) is 0 Å². The molecule has 0 amide bonds. The van der Waals surface area contributed by atoms with Gasteiger partial charge in [0.2, 0.25) is 0 Å². The third kappa shape index (κ3) is 6.28. The van der Waals surface area contributed by atoms with Gasteiger partial charge >= 0.3 is 262 Å². The zero-order valence-electron chi connectivity index (χ0n) is 24.0. The molecule has 0 heterocycles. The summed E-state index contributed by atoms with van der Waals surface area (Å²) in [6.45, 7) is 0. The molecular formula is C36H30F4O2P2Si. The van der Waals surface area contributed by atoms with Crippen LogP contribution in [0.15, 0.2) is 182 Å². The van der Waals surface area contributed by atoms with Crippen LogP contribution in [0, 0.1) is 0 Å². The minimum atomic E-state index is -10.6. The molecule has 0 aliphatic carbocycles. The predicted molar refractivity (Wildman–Crippen MR) is 183 cm³/mol. The van der Waals surface area contributed by atoms with Crippen molar-refractivity contribution in [3.63, 3.8) is 0 Å². The SMILES string of the molecule is F[Si-2](F)(F)(F)(O[P+](c1ccccc1)(c1ccccc1)c1ccccc1)O[P+](c1ccccc1)(c1ccccc1)c1ccccc1. The summed E-state index contributed by atoms with van der Waals surface area (Å²) in [5.41, 5.74) is 0. The Kier molecular flexibility index (Phi) is 7.89. The van der Waals surface area contributed by atoms with Gasteiger partial charge in [-0.1, -0.05) is 0 Å². The molecule has 0 saturated carbocycles. The summed E-state index contributed by atoms with van der Waals surface area (Å²) >= 11 is 0. The van der Waals surface area contributed by atoms with E-state index in [0.29, 0.717) is 0 Å². The standard InChI is InChI=1S/C36H30F4O2P2Si/c37-45(38,39,40,41-43(31-19-7-1-8-20-31,32-21-9-2-10-22-32)33-23-11-3-12-24-33)42-44(34-25-13-4-14-26-34,35-27-15-5-16-28-35)36-29-17-6-18-30-36/h1-30H. The molecule has 0 aliphatic heterocycles. The van der Waals surface area contributed by atoms with Crippen molar-refractivity contribution in [3.05, 3.63) is 182 Å². The maximum absolute atomic E-state index is 17.3. The van der Waals surface area contributed by atoms with Crippen LogP contribution in [-0.2, 0) is 8.43 Å². The summed E-state index contributed by atoms with van der Waals surface area (Å²) in [5.74, 6) is 0. The van der Waals surface area contributed by atoms with E-state index < -0.39 is 23.4 Å². The Bertz CT molecular complexity index is 1540. The van der Waals surface area contributed by atoms with Crippen molar-refractivity contribution in [1.82, 2.24) is 0 Å². The van der Waals surface area contributed by atoms with Gasteiger partial charge in [0.05, 0.1) is 0 Å². The average molecular weight is 661 g/mol. The van der Waals surface area contributed by atoms with Gasteiger partial charge in [-0.05, 0) is 0 Å². The van der Waals surface area contributed by atoms with Crippen LogP contribution in [0.25, 0.3) is 0 Å². The number of hydrogen-bond donors (Lipinski definition) is 0. The summed E-state index contributed by atoms with van der Waals surface area (Å²) in [6, 6.07) is 48.5. The number of benzene rings is 6. The van der Waals surface area contributed by atoms with Crippen LogP contribution in [0.2, 0.25) is 0 Å². The van der Waals surface area contributed by atoms with Crippen molar-refractivity contribution < 1.29 is 24.9 Å². The van der Waals surface area contributed by atoms with Crippen LogP contribution >= 0.6 is 15.0 Å². The van der Waals surface area contributed by atoms with Gasteiger partial charge in [-0.2, -0.15) is 0 Å². The normalized spacial score (nSPS) is 13.9. The summed E-state index contributed by atoms with van der Waals surface area (Å²) in [7, 11) is -19.0. The van der Waals surface area contributed by atoms with Gasteiger partial charge < -0.3 is 0 Å². The molecule has 0 spiro atoms. The van der Waals surface area contributed by atoms with E-state index in [4.69, 9.17) is 8.43 Å². The fraction of sp³-hybridized carbons (Fsp3) is 0. The Balaban J connectivity index is 1.67. The molecule has 0 saturated heterocycles. The first kappa shape index (κ1) is 31.0. The molecule has 6 aromatic carbocycles. The Morgan fingerprint density at radius 3 is 0.600 bits per heavy atom. The van der Waals surface area contributed by atoms with E-state index in [2.05, 4.69) is 0 Å². The van der Waals surface area contributed by atoms with Crippen molar-refractivity contribution >= 4 is 55.3 Å². The summed E-state index contributed by atoms with van der Waals surface area (Å²) < 4.78 is 80.3. The molecule has 0 aliphatic rings. The van der Waals surface area contributed by atoms with Crippen molar-refractivity contribution in [2.75, 3.05) is 0 Å². The molecular weight excluding hydrogens is 630 g/mol. The molecule has 0 fully saturated rings. The van der Waals surface area contributed by atoms with Crippen LogP contribution in [0.3, 0.4) is 0 Å². The number of hydrogen-bond acceptors (Lipinski definition) is 2. The van der Waals surface area contributed by atoms with Gasteiger partial charge in [0.15, 0.2) is 0 Å². The molecule has 6 aromatic rings. The van der Waals surface area contributed by atoms with Gasteiger partial charge in [0.25, 0.3) is 0 Å². The van der Waals surface area contributed by atoms with Crippen LogP contribution in [0.5, 0.6) is 0 Å². The Hall–Kier alpha value is -3.96. The minimum absolute atomic E-state index is 0.208. The van der Waals surface area contributed by atoms with Gasteiger partial charge in [-0.25, -0.2) is 0 Å². The fourth-order valence-electron chi connectivity index (χ4n) is 5.58. The Morgan fingerprint density at radius 1 is 0.289 bits per heavy atom. The van der Waals surface area contributed by atoms with E-state index in [9.17, 15) is 0 Å². The molecule has 45 heavy (non-hydrogen) atoms. The molecule has 0 atom stereocenters. The molecule has 0 N–H and O–H groups in total. The van der Waals surface area contributed by atoms with Gasteiger partial charge in [-0.3, -0.25) is 0 Å². The van der Waals surface area contributed by atoms with Crippen LogP contribution in [0.4, 0.5) is 16.4 Å². The van der Waals surface area contributed by atoms with Crippen molar-refractivity contribution in [1.29, 1.82) is 0 Å². The van der Waals surface area contributed by atoms with Crippen LogP contribution in [0.1, 0.15) is 0 Å². The summed E-state index contributed by atoms with van der Waals surface area (Å²) in [4.78, 5) is 0. The molecule has 228 valence electrons. The summed E-state index contributed by atoms with van der Waals surface area (Å²) in [6.07, 6.45) is 0. The second kappa shape index (κ2) is 11.4. The van der Waals surface area contributed by atoms with E-state index in [1.807, 2.05) is 0 Å². The summed E-state index contributed by atoms with van der Waals surface area (Å²) in [5, 5.41) is 1.25. The topological polar surface area (TPSA) is 18.5 Å². The first-order valence-corrected chi connectivity index (χ1v) is 20.1. The Labute approximate surface area is 261 Å². The Morgan fingerprint density at radius 2 is 0.444 bits per heavy atom. The third-order valence-electron chi connectivity index (χ3n) is 7.34. The monoisotopic (exact) mass is 660 g/mol. The fourth-order valence-corrected chi connectivity index (χ4v) is 18.1. The first-order valence-electron chi connectivity index (χ1n) is 14.3. The quantitative estimate of drug-likeness (QED) is 0.0641. The van der Waals surface area contributed by atoms with Crippen molar-refractivity contribution in [3.8, 4) is 0 Å². The predicted octanol–water partition coefficient (Wildman–Crippen LogP) is 8.05. The first-order chi connectivity index (χ1) is 21.5. The van der Waals surface area contributed by atoms with Crippen LogP contribution < -0.4 is 31.8 Å². The van der Waals surface area contributed by atoms with E-state index in [1.165, 1.54) is 0 Å². The molecule has 9 heteroatoms. The zero-order chi connectivity index (χ0) is 31.5. The van der Waals surface area contributed by atoms with E-state index >= 15 is 16.4 Å². The number of halogens is 4. The zero-order valence-corrected chi connectivity index (χ0v) is 26.8. The maximum atomic E-state index is 17.3. The third-order valence-corrected chi connectivity index (χ3v) is 18.5.